The Morgan fingerprint density at radius 3 is 2.05 bits per heavy atom. The molecule has 1 aliphatic carbocycles. The van der Waals surface area contributed by atoms with E-state index in [2.05, 4.69) is 54.6 Å². The maximum Gasteiger partial charge on any atom is 0.309 e. The Morgan fingerprint density at radius 2 is 1.48 bits per heavy atom. The molecule has 4 N–H and O–H groups in total. The first-order chi connectivity index (χ1) is 20.5. The second kappa shape index (κ2) is 19.7. The highest BCUT2D eigenvalue weighted by molar-refractivity contribution is 5.71. The van der Waals surface area contributed by atoms with Gasteiger partial charge in [-0.3, -0.25) is 4.79 Å². The van der Waals surface area contributed by atoms with Crippen molar-refractivity contribution in [1.82, 2.24) is 0 Å². The van der Waals surface area contributed by atoms with Crippen molar-refractivity contribution in [1.29, 1.82) is 0 Å². The van der Waals surface area contributed by atoms with E-state index >= 15 is 0 Å². The topological polar surface area (TPSA) is 83.5 Å². The quantitative estimate of drug-likeness (QED) is 0.138. The lowest BCUT2D eigenvalue weighted by Gasteiger charge is -2.34. The van der Waals surface area contributed by atoms with Gasteiger partial charge in [0, 0.05) is 0 Å². The van der Waals surface area contributed by atoms with Crippen LogP contribution in [0.15, 0.2) is 72.8 Å². The third-order valence-corrected chi connectivity index (χ3v) is 9.75. The Morgan fingerprint density at radius 1 is 0.857 bits per heavy atom. The van der Waals surface area contributed by atoms with Crippen LogP contribution < -0.4 is 5.73 Å². The summed E-state index contributed by atoms with van der Waals surface area (Å²) in [5.41, 5.74) is 8.71. The number of aliphatic carboxylic acids is 1. The Hall–Kier alpha value is -2.43. The van der Waals surface area contributed by atoms with Gasteiger partial charge in [-0.05, 0) is 112 Å². The average Bonchev–Trinajstić information content (AvgIpc) is 3.00. The van der Waals surface area contributed by atoms with Crippen LogP contribution in [0.3, 0.4) is 0 Å². The summed E-state index contributed by atoms with van der Waals surface area (Å²) >= 11 is 0. The van der Waals surface area contributed by atoms with Crippen LogP contribution in [0.2, 0.25) is 0 Å². The minimum Gasteiger partial charge on any atom is -0.481 e. The molecule has 0 radical (unpaired) electrons. The number of aliphatic hydroxyl groups is 1. The first kappa shape index (κ1) is 34.1. The van der Waals surface area contributed by atoms with Crippen molar-refractivity contribution in [2.75, 3.05) is 6.54 Å². The predicted molar refractivity (Wildman–Crippen MR) is 175 cm³/mol. The minimum absolute atomic E-state index is 0.118. The minimum atomic E-state index is -0.899. The van der Waals surface area contributed by atoms with Gasteiger partial charge in [0.05, 0.1) is 12.0 Å². The zero-order valence-electron chi connectivity index (χ0n) is 26.1. The number of carbonyl (C=O) groups is 1. The Kier molecular flexibility index (Phi) is 16.0. The third-order valence-electron chi connectivity index (χ3n) is 9.75. The smallest absolute Gasteiger partial charge is 0.309 e. The SMILES string of the molecule is C[C@H](O)[C@H](C(=O)O)[C@H](CCc1ccccc1)[C@H](CCN)CC[C@@H](CC=CCCC1CCCCC1)CCc1ccccc1. The van der Waals surface area contributed by atoms with Crippen LogP contribution in [-0.4, -0.2) is 28.8 Å². The number of allylic oxidation sites excluding steroid dienone is 2. The molecule has 1 aliphatic rings. The third kappa shape index (κ3) is 12.4. The molecule has 4 nitrogen and oxygen atoms in total. The molecule has 2 aromatic carbocycles. The number of carboxylic acids is 1. The number of nitrogens with two attached hydrogens (primary N) is 1. The number of hydrogen-bond acceptors (Lipinski definition) is 3. The summed E-state index contributed by atoms with van der Waals surface area (Å²) in [6.45, 7) is 2.17. The normalized spacial score (nSPS) is 18.0. The van der Waals surface area contributed by atoms with Crippen molar-refractivity contribution in [3.05, 3.63) is 83.9 Å². The summed E-state index contributed by atoms with van der Waals surface area (Å²) in [5, 5.41) is 20.8. The van der Waals surface area contributed by atoms with Gasteiger partial charge in [-0.15, -0.1) is 0 Å². The van der Waals surface area contributed by atoms with Crippen LogP contribution in [0.25, 0.3) is 0 Å². The van der Waals surface area contributed by atoms with E-state index < -0.39 is 18.0 Å². The molecule has 5 atom stereocenters. The van der Waals surface area contributed by atoms with Crippen LogP contribution >= 0.6 is 0 Å². The van der Waals surface area contributed by atoms with Gasteiger partial charge < -0.3 is 15.9 Å². The highest BCUT2D eigenvalue weighted by Crippen LogP contribution is 2.36. The zero-order chi connectivity index (χ0) is 30.0. The Labute approximate surface area is 255 Å². The lowest BCUT2D eigenvalue weighted by Crippen LogP contribution is -2.38. The Bertz CT molecular complexity index is 1000. The van der Waals surface area contributed by atoms with E-state index in [1.165, 1.54) is 56.1 Å². The number of benzene rings is 2. The van der Waals surface area contributed by atoms with E-state index in [0.29, 0.717) is 12.5 Å². The van der Waals surface area contributed by atoms with Crippen LogP contribution in [0.4, 0.5) is 0 Å². The second-order valence-corrected chi connectivity index (χ2v) is 12.9. The molecule has 0 spiro atoms. The van der Waals surface area contributed by atoms with Gasteiger partial charge in [0.25, 0.3) is 0 Å². The molecular weight excluding hydrogens is 518 g/mol. The summed E-state index contributed by atoms with van der Waals surface area (Å²) in [6.07, 6.45) is 21.1. The molecule has 0 unspecified atom stereocenters. The molecule has 232 valence electrons. The van der Waals surface area contributed by atoms with Gasteiger partial charge in [-0.1, -0.05) is 105 Å². The van der Waals surface area contributed by atoms with Crippen LogP contribution in [-0.2, 0) is 17.6 Å². The van der Waals surface area contributed by atoms with Gasteiger partial charge in [0.1, 0.15) is 0 Å². The maximum atomic E-state index is 12.4. The van der Waals surface area contributed by atoms with E-state index in [4.69, 9.17) is 5.73 Å². The Balaban J connectivity index is 1.67. The number of aryl methyl sites for hydroxylation is 2. The number of carboxylic acid groups (broad SMARTS) is 1. The number of aliphatic hydroxyl groups excluding tert-OH is 1. The summed E-state index contributed by atoms with van der Waals surface area (Å²) in [4.78, 5) is 12.4. The van der Waals surface area contributed by atoms with Crippen LogP contribution in [0.1, 0.15) is 102 Å². The molecule has 3 rings (SSSR count). The zero-order valence-corrected chi connectivity index (χ0v) is 26.1. The van der Waals surface area contributed by atoms with E-state index in [-0.39, 0.29) is 11.8 Å². The van der Waals surface area contributed by atoms with E-state index in [0.717, 1.165) is 57.3 Å². The van der Waals surface area contributed by atoms with Gasteiger partial charge in [-0.25, -0.2) is 0 Å². The van der Waals surface area contributed by atoms with Crippen LogP contribution in [0.5, 0.6) is 0 Å². The monoisotopic (exact) mass is 575 g/mol. The fraction of sp³-hybridized carbons (Fsp3) is 0.605. The van der Waals surface area contributed by atoms with Crippen molar-refractivity contribution >= 4 is 5.97 Å². The molecule has 0 aliphatic heterocycles. The molecule has 0 heterocycles. The van der Waals surface area contributed by atoms with Gasteiger partial charge >= 0.3 is 5.97 Å². The van der Waals surface area contributed by atoms with E-state index in [1.807, 2.05) is 18.2 Å². The molecule has 1 saturated carbocycles. The molecule has 0 amide bonds. The fourth-order valence-electron chi connectivity index (χ4n) is 7.28. The number of rotatable bonds is 20. The molecule has 2 aromatic rings. The first-order valence-electron chi connectivity index (χ1n) is 16.8. The van der Waals surface area contributed by atoms with E-state index in [1.54, 1.807) is 6.92 Å². The highest BCUT2D eigenvalue weighted by Gasteiger charge is 2.37. The standard InChI is InChI=1S/C38H57NO3/c1-30(40)37(38(41)42)36(27-25-33-19-11-5-12-20-33)35(28-29-39)26-24-34(23-22-32-17-9-4-10-18-32)21-13-3-8-16-31-14-6-2-7-15-31/h3-5,9-13,17-20,30-31,34-37,40H,2,6-8,14-16,21-29,39H2,1H3,(H,41,42)/t30-,34-,35-,36+,37-/m0/s1. The van der Waals surface area contributed by atoms with Crippen molar-refractivity contribution < 1.29 is 15.0 Å². The molecule has 0 bridgehead atoms. The fourth-order valence-corrected chi connectivity index (χ4v) is 7.28. The van der Waals surface area contributed by atoms with Gasteiger partial charge in [-0.2, -0.15) is 0 Å². The predicted octanol–water partition coefficient (Wildman–Crippen LogP) is 8.62. The first-order valence-corrected chi connectivity index (χ1v) is 16.8. The highest BCUT2D eigenvalue weighted by atomic mass is 16.4. The molecular formula is C38H57NO3. The number of hydrogen-bond donors (Lipinski definition) is 3. The lowest BCUT2D eigenvalue weighted by molar-refractivity contribution is -0.149. The summed E-state index contributed by atoms with van der Waals surface area (Å²) in [5.74, 6) is -0.172. The molecule has 1 fully saturated rings. The van der Waals surface area contributed by atoms with Gasteiger partial charge in [0.2, 0.25) is 0 Å². The molecule has 0 aromatic heterocycles. The van der Waals surface area contributed by atoms with Crippen molar-refractivity contribution in [2.24, 2.45) is 35.3 Å². The summed E-state index contributed by atoms with van der Waals surface area (Å²) in [7, 11) is 0. The molecule has 42 heavy (non-hydrogen) atoms. The maximum absolute atomic E-state index is 12.4. The summed E-state index contributed by atoms with van der Waals surface area (Å²) in [6, 6.07) is 21.0. The van der Waals surface area contributed by atoms with Crippen molar-refractivity contribution in [3.8, 4) is 0 Å². The average molecular weight is 576 g/mol. The molecule has 4 heteroatoms. The van der Waals surface area contributed by atoms with Crippen molar-refractivity contribution in [2.45, 2.75) is 109 Å². The van der Waals surface area contributed by atoms with Crippen LogP contribution in [0, 0.1) is 29.6 Å². The van der Waals surface area contributed by atoms with E-state index in [9.17, 15) is 15.0 Å². The lowest BCUT2D eigenvalue weighted by atomic mass is 9.71. The van der Waals surface area contributed by atoms with Gasteiger partial charge in [0.15, 0.2) is 0 Å². The van der Waals surface area contributed by atoms with Crippen molar-refractivity contribution in [3.63, 3.8) is 0 Å². The molecule has 0 saturated heterocycles. The summed E-state index contributed by atoms with van der Waals surface area (Å²) < 4.78 is 0. The largest absolute Gasteiger partial charge is 0.481 e. The second-order valence-electron chi connectivity index (χ2n) is 12.9.